The molecule has 0 bridgehead atoms. The average molecular weight is 284 g/mol. The number of hydrogen-bond acceptors (Lipinski definition) is 6. The summed E-state index contributed by atoms with van der Waals surface area (Å²) in [5, 5.41) is 0. The van der Waals surface area contributed by atoms with Crippen LogP contribution in [0.4, 0.5) is 11.4 Å². The third-order valence-electron chi connectivity index (χ3n) is 2.70. The number of anilines is 2. The highest BCUT2D eigenvalue weighted by atomic mass is 16.5. The SMILES string of the molecule is COCN(COC)c1ccccc1N(COC)COC. The summed E-state index contributed by atoms with van der Waals surface area (Å²) < 4.78 is 20.9. The molecule has 0 amide bonds. The van der Waals surface area contributed by atoms with E-state index in [1.807, 2.05) is 34.1 Å². The van der Waals surface area contributed by atoms with Gasteiger partial charge in [0.2, 0.25) is 0 Å². The van der Waals surface area contributed by atoms with Crippen molar-refractivity contribution in [3.63, 3.8) is 0 Å². The average Bonchev–Trinajstić information content (AvgIpc) is 2.47. The summed E-state index contributed by atoms with van der Waals surface area (Å²) in [5.41, 5.74) is 2.01. The molecular weight excluding hydrogens is 260 g/mol. The summed E-state index contributed by atoms with van der Waals surface area (Å²) in [7, 11) is 6.64. The van der Waals surface area contributed by atoms with Crippen molar-refractivity contribution in [3.8, 4) is 0 Å². The minimum absolute atomic E-state index is 0.443. The van der Waals surface area contributed by atoms with Gasteiger partial charge in [-0.1, -0.05) is 12.1 Å². The van der Waals surface area contributed by atoms with E-state index >= 15 is 0 Å². The molecule has 0 aliphatic rings. The molecule has 0 fully saturated rings. The van der Waals surface area contributed by atoms with Crippen LogP contribution in [-0.2, 0) is 18.9 Å². The van der Waals surface area contributed by atoms with Gasteiger partial charge in [-0.15, -0.1) is 0 Å². The fourth-order valence-electron chi connectivity index (χ4n) is 1.98. The molecule has 0 spiro atoms. The third kappa shape index (κ3) is 4.64. The van der Waals surface area contributed by atoms with Crippen molar-refractivity contribution in [1.82, 2.24) is 0 Å². The van der Waals surface area contributed by atoms with Gasteiger partial charge in [-0.2, -0.15) is 0 Å². The van der Waals surface area contributed by atoms with Gasteiger partial charge in [0, 0.05) is 28.4 Å². The Morgan fingerprint density at radius 1 is 0.650 bits per heavy atom. The van der Waals surface area contributed by atoms with E-state index in [0.29, 0.717) is 26.9 Å². The second-order valence-electron chi connectivity index (χ2n) is 4.24. The van der Waals surface area contributed by atoms with E-state index in [9.17, 15) is 0 Å². The van der Waals surface area contributed by atoms with E-state index in [1.165, 1.54) is 0 Å². The Labute approximate surface area is 120 Å². The van der Waals surface area contributed by atoms with Crippen LogP contribution in [0.5, 0.6) is 0 Å². The predicted octanol–water partition coefficient (Wildman–Crippen LogP) is 1.72. The molecule has 1 aromatic carbocycles. The van der Waals surface area contributed by atoms with E-state index in [0.717, 1.165) is 11.4 Å². The number of benzene rings is 1. The molecule has 0 aliphatic carbocycles. The molecular formula is C14H24N2O4. The highest BCUT2D eigenvalue weighted by molar-refractivity contribution is 5.70. The van der Waals surface area contributed by atoms with Crippen molar-refractivity contribution in [2.45, 2.75) is 0 Å². The highest BCUT2D eigenvalue weighted by Crippen LogP contribution is 2.29. The van der Waals surface area contributed by atoms with Gasteiger partial charge in [0.15, 0.2) is 0 Å². The lowest BCUT2D eigenvalue weighted by Crippen LogP contribution is -2.33. The number of methoxy groups -OCH3 is 4. The summed E-state index contributed by atoms with van der Waals surface area (Å²) in [4.78, 5) is 3.99. The van der Waals surface area contributed by atoms with Crippen LogP contribution in [0.25, 0.3) is 0 Å². The molecule has 6 nitrogen and oxygen atoms in total. The smallest absolute Gasteiger partial charge is 0.120 e. The van der Waals surface area contributed by atoms with Crippen LogP contribution in [-0.4, -0.2) is 55.4 Å². The highest BCUT2D eigenvalue weighted by Gasteiger charge is 2.15. The lowest BCUT2D eigenvalue weighted by Gasteiger charge is -2.30. The van der Waals surface area contributed by atoms with Crippen LogP contribution in [0.1, 0.15) is 0 Å². The molecule has 114 valence electrons. The third-order valence-corrected chi connectivity index (χ3v) is 2.70. The first-order chi connectivity index (χ1) is 9.78. The fourth-order valence-corrected chi connectivity index (χ4v) is 1.98. The van der Waals surface area contributed by atoms with Crippen LogP contribution in [0, 0.1) is 0 Å². The first-order valence-corrected chi connectivity index (χ1v) is 6.33. The number of rotatable bonds is 10. The van der Waals surface area contributed by atoms with Gasteiger partial charge in [-0.25, -0.2) is 0 Å². The normalized spacial score (nSPS) is 10.6. The van der Waals surface area contributed by atoms with Crippen LogP contribution < -0.4 is 9.80 Å². The lowest BCUT2D eigenvalue weighted by atomic mass is 10.2. The van der Waals surface area contributed by atoms with Crippen molar-refractivity contribution < 1.29 is 18.9 Å². The molecule has 0 unspecified atom stereocenters. The summed E-state index contributed by atoms with van der Waals surface area (Å²) >= 11 is 0. The Morgan fingerprint density at radius 3 is 1.20 bits per heavy atom. The quantitative estimate of drug-likeness (QED) is 0.610. The molecule has 0 N–H and O–H groups in total. The number of para-hydroxylation sites is 2. The first-order valence-electron chi connectivity index (χ1n) is 6.33. The Balaban J connectivity index is 3.04. The molecule has 0 aliphatic heterocycles. The standard InChI is InChI=1S/C14H24N2O4/c1-17-9-15(10-18-2)13-7-5-6-8-14(13)16(11-19-3)12-20-4/h5-8H,9-12H2,1-4H3. The second-order valence-corrected chi connectivity index (χ2v) is 4.24. The first kappa shape index (κ1) is 16.7. The Morgan fingerprint density at radius 2 is 0.950 bits per heavy atom. The minimum Gasteiger partial charge on any atom is -0.364 e. The van der Waals surface area contributed by atoms with Gasteiger partial charge in [0.1, 0.15) is 26.9 Å². The Bertz CT molecular complexity index is 329. The van der Waals surface area contributed by atoms with Gasteiger partial charge >= 0.3 is 0 Å². The molecule has 0 atom stereocenters. The number of ether oxygens (including phenoxy) is 4. The molecule has 1 rings (SSSR count). The monoisotopic (exact) mass is 284 g/mol. The van der Waals surface area contributed by atoms with Gasteiger partial charge in [-0.05, 0) is 12.1 Å². The summed E-state index contributed by atoms with van der Waals surface area (Å²) in [5.74, 6) is 0. The summed E-state index contributed by atoms with van der Waals surface area (Å²) in [6.45, 7) is 1.77. The van der Waals surface area contributed by atoms with Crippen molar-refractivity contribution >= 4 is 11.4 Å². The van der Waals surface area contributed by atoms with Gasteiger partial charge < -0.3 is 28.7 Å². The van der Waals surface area contributed by atoms with Crippen LogP contribution >= 0.6 is 0 Å². The van der Waals surface area contributed by atoms with Gasteiger partial charge in [0.05, 0.1) is 11.4 Å². The van der Waals surface area contributed by atoms with E-state index in [-0.39, 0.29) is 0 Å². The fraction of sp³-hybridized carbons (Fsp3) is 0.571. The largest absolute Gasteiger partial charge is 0.364 e. The summed E-state index contributed by atoms with van der Waals surface area (Å²) in [6, 6.07) is 8.00. The van der Waals surface area contributed by atoms with E-state index in [2.05, 4.69) is 0 Å². The zero-order chi connectivity index (χ0) is 14.8. The van der Waals surface area contributed by atoms with E-state index in [4.69, 9.17) is 18.9 Å². The maximum atomic E-state index is 5.23. The van der Waals surface area contributed by atoms with Crippen molar-refractivity contribution in [1.29, 1.82) is 0 Å². The van der Waals surface area contributed by atoms with Gasteiger partial charge in [-0.3, -0.25) is 0 Å². The maximum absolute atomic E-state index is 5.23. The molecule has 0 radical (unpaired) electrons. The minimum atomic E-state index is 0.443. The molecule has 0 saturated heterocycles. The predicted molar refractivity (Wildman–Crippen MR) is 78.9 cm³/mol. The molecule has 0 saturated carbocycles. The molecule has 1 aromatic rings. The maximum Gasteiger partial charge on any atom is 0.120 e. The van der Waals surface area contributed by atoms with E-state index in [1.54, 1.807) is 28.4 Å². The Kier molecular flexibility index (Phi) is 7.98. The zero-order valence-corrected chi connectivity index (χ0v) is 12.7. The topological polar surface area (TPSA) is 43.4 Å². The summed E-state index contributed by atoms with van der Waals surface area (Å²) in [6.07, 6.45) is 0. The number of hydrogen-bond donors (Lipinski definition) is 0. The van der Waals surface area contributed by atoms with Crippen LogP contribution in [0.2, 0.25) is 0 Å². The second kappa shape index (κ2) is 9.55. The molecule has 0 heterocycles. The van der Waals surface area contributed by atoms with Crippen molar-refractivity contribution in [2.24, 2.45) is 0 Å². The molecule has 20 heavy (non-hydrogen) atoms. The number of nitrogens with zero attached hydrogens (tertiary/aromatic N) is 2. The van der Waals surface area contributed by atoms with Gasteiger partial charge in [0.25, 0.3) is 0 Å². The van der Waals surface area contributed by atoms with Crippen LogP contribution in [0.3, 0.4) is 0 Å². The molecule has 6 heteroatoms. The van der Waals surface area contributed by atoms with Crippen molar-refractivity contribution in [3.05, 3.63) is 24.3 Å². The van der Waals surface area contributed by atoms with Crippen LogP contribution in [0.15, 0.2) is 24.3 Å². The lowest BCUT2D eigenvalue weighted by molar-refractivity contribution is 0.136. The van der Waals surface area contributed by atoms with Crippen molar-refractivity contribution in [2.75, 3.05) is 65.2 Å². The van der Waals surface area contributed by atoms with E-state index < -0.39 is 0 Å². The Hall–Kier alpha value is -1.34. The zero-order valence-electron chi connectivity index (χ0n) is 12.7. The molecule has 0 aromatic heterocycles.